The third-order valence-corrected chi connectivity index (χ3v) is 3.68. The zero-order valence-electron chi connectivity index (χ0n) is 11.7. The molecule has 1 heterocycles. The quantitative estimate of drug-likeness (QED) is 0.855. The van der Waals surface area contributed by atoms with E-state index in [1.54, 1.807) is 11.8 Å². The highest BCUT2D eigenvalue weighted by Crippen LogP contribution is 2.15. The summed E-state index contributed by atoms with van der Waals surface area (Å²) < 4.78 is 13.1. The standard InChI is InChI=1S/C15H21FN2O2/c1-11-9-12(16)4-5-14(11)15(20)18(7-8-19)10-13-3-2-6-17-13/h4-5,9,13,17,19H,2-3,6-8,10H2,1H3. The Morgan fingerprint density at radius 1 is 1.55 bits per heavy atom. The molecule has 1 aromatic rings. The fraction of sp³-hybridized carbons (Fsp3) is 0.533. The number of nitrogens with zero attached hydrogens (tertiary/aromatic N) is 1. The van der Waals surface area contributed by atoms with Gasteiger partial charge in [0.15, 0.2) is 0 Å². The van der Waals surface area contributed by atoms with Crippen LogP contribution in [0, 0.1) is 12.7 Å². The van der Waals surface area contributed by atoms with E-state index in [-0.39, 0.29) is 24.4 Å². The molecule has 1 amide bonds. The van der Waals surface area contributed by atoms with E-state index in [9.17, 15) is 9.18 Å². The molecule has 20 heavy (non-hydrogen) atoms. The van der Waals surface area contributed by atoms with Crippen LogP contribution in [-0.2, 0) is 0 Å². The summed E-state index contributed by atoms with van der Waals surface area (Å²) in [6.45, 7) is 3.51. The van der Waals surface area contributed by atoms with Crippen LogP contribution in [0.25, 0.3) is 0 Å². The number of rotatable bonds is 5. The minimum atomic E-state index is -0.342. The molecule has 110 valence electrons. The molecule has 1 aromatic carbocycles. The van der Waals surface area contributed by atoms with Crippen molar-refractivity contribution in [2.24, 2.45) is 0 Å². The molecule has 2 N–H and O–H groups in total. The predicted molar refractivity (Wildman–Crippen MR) is 75.2 cm³/mol. The predicted octanol–water partition coefficient (Wildman–Crippen LogP) is 1.32. The van der Waals surface area contributed by atoms with Crippen LogP contribution in [0.2, 0.25) is 0 Å². The van der Waals surface area contributed by atoms with Gasteiger partial charge in [0.25, 0.3) is 5.91 Å². The zero-order valence-corrected chi connectivity index (χ0v) is 11.7. The molecule has 1 fully saturated rings. The second-order valence-corrected chi connectivity index (χ2v) is 5.23. The fourth-order valence-corrected chi connectivity index (χ4v) is 2.61. The lowest BCUT2D eigenvalue weighted by molar-refractivity contribution is 0.0706. The number of aliphatic hydroxyl groups excluding tert-OH is 1. The highest BCUT2D eigenvalue weighted by molar-refractivity contribution is 5.95. The van der Waals surface area contributed by atoms with Crippen molar-refractivity contribution in [3.8, 4) is 0 Å². The van der Waals surface area contributed by atoms with Crippen molar-refractivity contribution >= 4 is 5.91 Å². The molecular formula is C15H21FN2O2. The van der Waals surface area contributed by atoms with E-state index in [2.05, 4.69) is 5.32 Å². The number of benzene rings is 1. The number of hydrogen-bond donors (Lipinski definition) is 2. The van der Waals surface area contributed by atoms with Crippen molar-refractivity contribution in [2.45, 2.75) is 25.8 Å². The third kappa shape index (κ3) is 3.55. The molecule has 1 unspecified atom stereocenters. The topological polar surface area (TPSA) is 52.6 Å². The van der Waals surface area contributed by atoms with Gasteiger partial charge in [-0.3, -0.25) is 4.79 Å². The minimum Gasteiger partial charge on any atom is -0.395 e. The molecule has 4 nitrogen and oxygen atoms in total. The maximum Gasteiger partial charge on any atom is 0.254 e. The average molecular weight is 280 g/mol. The molecule has 2 rings (SSSR count). The van der Waals surface area contributed by atoms with Gasteiger partial charge in [-0.05, 0) is 50.1 Å². The van der Waals surface area contributed by atoms with E-state index >= 15 is 0 Å². The van der Waals surface area contributed by atoms with Crippen LogP contribution in [-0.4, -0.2) is 48.2 Å². The van der Waals surface area contributed by atoms with Crippen molar-refractivity contribution < 1.29 is 14.3 Å². The molecule has 0 aromatic heterocycles. The lowest BCUT2D eigenvalue weighted by atomic mass is 10.1. The molecule has 0 spiro atoms. The van der Waals surface area contributed by atoms with Crippen molar-refractivity contribution in [2.75, 3.05) is 26.2 Å². The fourth-order valence-electron chi connectivity index (χ4n) is 2.61. The van der Waals surface area contributed by atoms with Crippen LogP contribution in [0.15, 0.2) is 18.2 Å². The third-order valence-electron chi connectivity index (χ3n) is 3.68. The normalized spacial score (nSPS) is 18.2. The molecule has 0 aliphatic carbocycles. The van der Waals surface area contributed by atoms with Gasteiger partial charge in [-0.25, -0.2) is 4.39 Å². The van der Waals surface area contributed by atoms with E-state index in [1.807, 2.05) is 0 Å². The summed E-state index contributed by atoms with van der Waals surface area (Å²) in [4.78, 5) is 14.2. The monoisotopic (exact) mass is 280 g/mol. The van der Waals surface area contributed by atoms with Gasteiger partial charge in [-0.1, -0.05) is 0 Å². The van der Waals surface area contributed by atoms with Crippen molar-refractivity contribution in [3.63, 3.8) is 0 Å². The molecule has 1 aliphatic rings. The molecule has 0 bridgehead atoms. The second kappa shape index (κ2) is 6.81. The maximum absolute atomic E-state index is 13.1. The number of amides is 1. The van der Waals surface area contributed by atoms with E-state index in [1.165, 1.54) is 18.2 Å². The molecule has 1 saturated heterocycles. The van der Waals surface area contributed by atoms with Crippen LogP contribution in [0.5, 0.6) is 0 Å². The highest BCUT2D eigenvalue weighted by atomic mass is 19.1. The maximum atomic E-state index is 13.1. The minimum absolute atomic E-state index is 0.0707. The Balaban J connectivity index is 2.12. The van der Waals surface area contributed by atoms with Crippen LogP contribution >= 0.6 is 0 Å². The summed E-state index contributed by atoms with van der Waals surface area (Å²) in [7, 11) is 0. The Morgan fingerprint density at radius 3 is 2.95 bits per heavy atom. The molecule has 0 saturated carbocycles. The number of carbonyl (C=O) groups is 1. The largest absolute Gasteiger partial charge is 0.395 e. The Bertz CT molecular complexity index is 473. The zero-order chi connectivity index (χ0) is 14.5. The smallest absolute Gasteiger partial charge is 0.254 e. The number of aryl methyl sites for hydroxylation is 1. The van der Waals surface area contributed by atoms with E-state index in [0.29, 0.717) is 24.2 Å². The Morgan fingerprint density at radius 2 is 2.35 bits per heavy atom. The number of nitrogens with one attached hydrogen (secondary N) is 1. The molecular weight excluding hydrogens is 259 g/mol. The van der Waals surface area contributed by atoms with Gasteiger partial charge in [0.2, 0.25) is 0 Å². The first-order valence-corrected chi connectivity index (χ1v) is 7.01. The number of halogens is 1. The van der Waals surface area contributed by atoms with E-state index in [0.717, 1.165) is 19.4 Å². The highest BCUT2D eigenvalue weighted by Gasteiger charge is 2.23. The van der Waals surface area contributed by atoms with E-state index < -0.39 is 0 Å². The van der Waals surface area contributed by atoms with Crippen molar-refractivity contribution in [3.05, 3.63) is 35.1 Å². The van der Waals surface area contributed by atoms with Crippen LogP contribution in [0.4, 0.5) is 4.39 Å². The summed E-state index contributed by atoms with van der Waals surface area (Å²) in [5.74, 6) is -0.490. The summed E-state index contributed by atoms with van der Waals surface area (Å²) in [5, 5.41) is 12.5. The number of aliphatic hydroxyl groups is 1. The molecule has 1 aliphatic heterocycles. The lowest BCUT2D eigenvalue weighted by Crippen LogP contribution is -2.42. The first kappa shape index (κ1) is 14.9. The first-order chi connectivity index (χ1) is 9.61. The summed E-state index contributed by atoms with van der Waals surface area (Å²) >= 11 is 0. The lowest BCUT2D eigenvalue weighted by Gasteiger charge is -2.26. The summed E-state index contributed by atoms with van der Waals surface area (Å²) in [5.41, 5.74) is 1.12. The van der Waals surface area contributed by atoms with Gasteiger partial charge in [0.1, 0.15) is 5.82 Å². The van der Waals surface area contributed by atoms with Crippen LogP contribution < -0.4 is 5.32 Å². The number of carbonyl (C=O) groups excluding carboxylic acids is 1. The molecule has 1 atom stereocenters. The average Bonchev–Trinajstić information content (AvgIpc) is 2.90. The van der Waals surface area contributed by atoms with Crippen molar-refractivity contribution in [1.82, 2.24) is 10.2 Å². The van der Waals surface area contributed by atoms with Crippen LogP contribution in [0.1, 0.15) is 28.8 Å². The number of hydrogen-bond acceptors (Lipinski definition) is 3. The van der Waals surface area contributed by atoms with Gasteiger partial charge in [0.05, 0.1) is 6.61 Å². The van der Waals surface area contributed by atoms with E-state index in [4.69, 9.17) is 5.11 Å². The van der Waals surface area contributed by atoms with Gasteiger partial charge < -0.3 is 15.3 Å². The first-order valence-electron chi connectivity index (χ1n) is 7.01. The summed E-state index contributed by atoms with van der Waals surface area (Å²) in [6, 6.07) is 4.45. The van der Waals surface area contributed by atoms with Gasteiger partial charge in [-0.15, -0.1) is 0 Å². The van der Waals surface area contributed by atoms with Gasteiger partial charge in [0, 0.05) is 24.7 Å². The van der Waals surface area contributed by atoms with Crippen LogP contribution in [0.3, 0.4) is 0 Å². The molecule has 0 radical (unpaired) electrons. The Hall–Kier alpha value is -1.46. The van der Waals surface area contributed by atoms with Gasteiger partial charge >= 0.3 is 0 Å². The molecule has 5 heteroatoms. The Kier molecular flexibility index (Phi) is 5.09. The van der Waals surface area contributed by atoms with Gasteiger partial charge in [-0.2, -0.15) is 0 Å². The van der Waals surface area contributed by atoms with Crippen molar-refractivity contribution in [1.29, 1.82) is 0 Å². The SMILES string of the molecule is Cc1cc(F)ccc1C(=O)N(CCO)CC1CCCN1. The summed E-state index contributed by atoms with van der Waals surface area (Å²) in [6.07, 6.45) is 2.15. The second-order valence-electron chi connectivity index (χ2n) is 5.23. The Labute approximate surface area is 118 Å².